The molecule has 0 saturated carbocycles. The number of carbonyl (C=O) groups excluding carboxylic acids is 1. The normalized spacial score (nSPS) is 12.0. The molecule has 2 aromatic carbocycles. The van der Waals surface area contributed by atoms with Gasteiger partial charge >= 0.3 is 5.97 Å². The number of rotatable bonds is 14. The molecular weight excluding hydrogens is 516 g/mol. The van der Waals surface area contributed by atoms with Gasteiger partial charge in [-0.05, 0) is 47.7 Å². The second kappa shape index (κ2) is 14.0. The Morgan fingerprint density at radius 2 is 1.87 bits per heavy atom. The Morgan fingerprint density at radius 1 is 1.10 bits per heavy atom. The number of benzene rings is 2. The zero-order valence-corrected chi connectivity index (χ0v) is 22.9. The summed E-state index contributed by atoms with van der Waals surface area (Å²) in [5.74, 6) is 0.962. The molecule has 1 atom stereocenters. The minimum Gasteiger partial charge on any atom is -0.458 e. The molecule has 2 aromatic heterocycles. The Bertz CT molecular complexity index is 1340. The number of carbonyl (C=O) groups is 1. The van der Waals surface area contributed by atoms with Gasteiger partial charge in [0.05, 0.1) is 5.69 Å². The molecule has 0 radical (unpaired) electrons. The van der Waals surface area contributed by atoms with E-state index in [0.29, 0.717) is 36.2 Å². The zero-order chi connectivity index (χ0) is 27.6. The largest absolute Gasteiger partial charge is 0.458 e. The number of unbranched alkanes of at least 4 members (excludes halogenated alkanes) is 2. The van der Waals surface area contributed by atoms with E-state index < -0.39 is 12.0 Å². The first-order valence-corrected chi connectivity index (χ1v) is 13.7. The van der Waals surface area contributed by atoms with Gasteiger partial charge in [-0.15, -0.1) is 10.2 Å². The second-order valence-corrected chi connectivity index (χ2v) is 9.79. The molecule has 11 heteroatoms. The maximum absolute atomic E-state index is 12.5. The standard InChI is InChI=1S/C28H35ClN8O2/c1-2-3-11-25-32-26(29)24(18-39-28(38)23(31)10-6-7-16-30)37(25)17-19-12-14-20(15-13-19)21-8-4-5-9-22(21)27-33-35-36-34-27/h4-5,8-9,12-15,23H,2-3,6-7,10-11,16-18,30-31H2,1H3,(H,33,34,35,36). The third kappa shape index (κ3) is 7.29. The van der Waals surface area contributed by atoms with Gasteiger partial charge in [0, 0.05) is 18.5 Å². The van der Waals surface area contributed by atoms with Crippen LogP contribution in [0.25, 0.3) is 22.5 Å². The molecule has 0 aliphatic carbocycles. The summed E-state index contributed by atoms with van der Waals surface area (Å²) in [5.41, 5.74) is 16.2. The molecule has 0 amide bonds. The summed E-state index contributed by atoms with van der Waals surface area (Å²) in [5, 5.41) is 14.8. The second-order valence-electron chi connectivity index (χ2n) is 9.43. The average Bonchev–Trinajstić information content (AvgIpc) is 3.59. The van der Waals surface area contributed by atoms with Crippen molar-refractivity contribution in [2.75, 3.05) is 6.54 Å². The van der Waals surface area contributed by atoms with Crippen molar-refractivity contribution >= 4 is 17.6 Å². The molecular formula is C28H35ClN8O2. The smallest absolute Gasteiger partial charge is 0.323 e. The summed E-state index contributed by atoms with van der Waals surface area (Å²) < 4.78 is 7.61. The molecule has 10 nitrogen and oxygen atoms in total. The monoisotopic (exact) mass is 550 g/mol. The molecule has 0 spiro atoms. The van der Waals surface area contributed by atoms with Crippen LogP contribution < -0.4 is 11.5 Å². The number of H-pyrrole nitrogens is 1. The summed E-state index contributed by atoms with van der Waals surface area (Å²) >= 11 is 6.54. The highest BCUT2D eigenvalue weighted by molar-refractivity contribution is 6.30. The van der Waals surface area contributed by atoms with E-state index in [1.807, 2.05) is 28.8 Å². The first-order chi connectivity index (χ1) is 19.0. The number of aromatic nitrogens is 6. The van der Waals surface area contributed by atoms with Crippen molar-refractivity contribution in [3.05, 3.63) is 70.8 Å². The van der Waals surface area contributed by atoms with E-state index in [1.165, 1.54) is 0 Å². The number of hydrogen-bond donors (Lipinski definition) is 3. The van der Waals surface area contributed by atoms with Crippen LogP contribution in [0.1, 0.15) is 56.1 Å². The summed E-state index contributed by atoms with van der Waals surface area (Å²) in [6.07, 6.45) is 4.92. The Hall–Kier alpha value is -3.60. The van der Waals surface area contributed by atoms with E-state index in [1.54, 1.807) is 0 Å². The Balaban J connectivity index is 1.53. The van der Waals surface area contributed by atoms with E-state index in [0.717, 1.165) is 60.2 Å². The molecule has 4 rings (SSSR count). The highest BCUT2D eigenvalue weighted by Gasteiger charge is 2.20. The fourth-order valence-corrected chi connectivity index (χ4v) is 4.66. The lowest BCUT2D eigenvalue weighted by molar-refractivity contribution is -0.146. The van der Waals surface area contributed by atoms with E-state index in [-0.39, 0.29) is 6.61 Å². The number of ether oxygens (including phenoxy) is 1. The summed E-state index contributed by atoms with van der Waals surface area (Å²) in [7, 11) is 0. The number of aromatic amines is 1. The average molecular weight is 551 g/mol. The Kier molecular flexibility index (Phi) is 10.2. The van der Waals surface area contributed by atoms with Crippen LogP contribution in [0.3, 0.4) is 0 Å². The van der Waals surface area contributed by atoms with Crippen LogP contribution in [0, 0.1) is 0 Å². The number of aryl methyl sites for hydroxylation is 1. The van der Waals surface area contributed by atoms with Crippen LogP contribution in [0.4, 0.5) is 0 Å². The van der Waals surface area contributed by atoms with Crippen LogP contribution in [0.5, 0.6) is 0 Å². The van der Waals surface area contributed by atoms with Crippen LogP contribution in [0.15, 0.2) is 48.5 Å². The SMILES string of the molecule is CCCCc1nc(Cl)c(COC(=O)C(N)CCCCN)n1Cc1ccc(-c2ccccc2-c2nn[nH]n2)cc1. The number of nitrogens with zero attached hydrogens (tertiary/aromatic N) is 5. The summed E-state index contributed by atoms with van der Waals surface area (Å²) in [4.78, 5) is 17.1. The van der Waals surface area contributed by atoms with Gasteiger partial charge in [0.2, 0.25) is 5.82 Å². The van der Waals surface area contributed by atoms with Crippen LogP contribution in [0.2, 0.25) is 5.15 Å². The van der Waals surface area contributed by atoms with Gasteiger partial charge in [-0.2, -0.15) is 5.21 Å². The highest BCUT2D eigenvalue weighted by atomic mass is 35.5. The molecule has 1 unspecified atom stereocenters. The molecule has 206 valence electrons. The molecule has 5 N–H and O–H groups in total. The van der Waals surface area contributed by atoms with Gasteiger partial charge in [0.25, 0.3) is 0 Å². The molecule has 39 heavy (non-hydrogen) atoms. The molecule has 0 fully saturated rings. The third-order valence-electron chi connectivity index (χ3n) is 6.60. The first kappa shape index (κ1) is 28.4. The van der Waals surface area contributed by atoms with Crippen molar-refractivity contribution in [2.45, 2.75) is 64.6 Å². The third-order valence-corrected chi connectivity index (χ3v) is 6.90. The predicted molar refractivity (Wildman–Crippen MR) is 151 cm³/mol. The summed E-state index contributed by atoms with van der Waals surface area (Å²) in [6.45, 7) is 3.26. The number of nitrogens with two attached hydrogens (primary N) is 2. The first-order valence-electron chi connectivity index (χ1n) is 13.3. The van der Waals surface area contributed by atoms with Gasteiger partial charge in [-0.25, -0.2) is 4.98 Å². The lowest BCUT2D eigenvalue weighted by Gasteiger charge is -2.15. The van der Waals surface area contributed by atoms with Crippen molar-refractivity contribution in [1.82, 2.24) is 30.2 Å². The van der Waals surface area contributed by atoms with Gasteiger partial charge in [-0.1, -0.05) is 79.9 Å². The summed E-state index contributed by atoms with van der Waals surface area (Å²) in [6, 6.07) is 15.5. The van der Waals surface area contributed by atoms with E-state index >= 15 is 0 Å². The highest BCUT2D eigenvalue weighted by Crippen LogP contribution is 2.30. The van der Waals surface area contributed by atoms with Crippen molar-refractivity contribution in [3.8, 4) is 22.5 Å². The quantitative estimate of drug-likeness (QED) is 0.155. The van der Waals surface area contributed by atoms with Crippen LogP contribution in [-0.4, -0.2) is 48.7 Å². The number of hydrogen-bond acceptors (Lipinski definition) is 8. The van der Waals surface area contributed by atoms with Gasteiger partial charge in [0.15, 0.2) is 5.15 Å². The van der Waals surface area contributed by atoms with E-state index in [2.05, 4.69) is 56.8 Å². The fraction of sp³-hybridized carbons (Fsp3) is 0.393. The number of esters is 1. The number of nitrogens with one attached hydrogen (secondary N) is 1. The fourth-order valence-electron chi connectivity index (χ4n) is 4.41. The van der Waals surface area contributed by atoms with Gasteiger partial charge in [0.1, 0.15) is 18.5 Å². The van der Waals surface area contributed by atoms with Gasteiger partial charge in [-0.3, -0.25) is 4.79 Å². The van der Waals surface area contributed by atoms with E-state index in [4.69, 9.17) is 27.8 Å². The Morgan fingerprint density at radius 3 is 2.56 bits per heavy atom. The van der Waals surface area contributed by atoms with Crippen LogP contribution >= 0.6 is 11.6 Å². The molecule has 0 saturated heterocycles. The molecule has 4 aromatic rings. The zero-order valence-electron chi connectivity index (χ0n) is 22.1. The topological polar surface area (TPSA) is 151 Å². The Labute approximate surface area is 233 Å². The predicted octanol–water partition coefficient (Wildman–Crippen LogP) is 4.27. The number of imidazole rings is 1. The molecule has 0 bridgehead atoms. The maximum Gasteiger partial charge on any atom is 0.323 e. The van der Waals surface area contributed by atoms with Crippen molar-refractivity contribution in [3.63, 3.8) is 0 Å². The maximum atomic E-state index is 12.5. The molecule has 0 aliphatic rings. The van der Waals surface area contributed by atoms with Crippen molar-refractivity contribution < 1.29 is 9.53 Å². The minimum atomic E-state index is -0.686. The molecule has 0 aliphatic heterocycles. The lowest BCUT2D eigenvalue weighted by Crippen LogP contribution is -2.32. The van der Waals surface area contributed by atoms with E-state index in [9.17, 15) is 4.79 Å². The van der Waals surface area contributed by atoms with Crippen LogP contribution in [-0.2, 0) is 29.1 Å². The lowest BCUT2D eigenvalue weighted by atomic mass is 9.98. The number of halogens is 1. The minimum absolute atomic E-state index is 0.0114. The van der Waals surface area contributed by atoms with Gasteiger partial charge < -0.3 is 20.8 Å². The van der Waals surface area contributed by atoms with Crippen molar-refractivity contribution in [1.29, 1.82) is 0 Å². The van der Waals surface area contributed by atoms with Crippen molar-refractivity contribution in [2.24, 2.45) is 11.5 Å². The molecule has 2 heterocycles. The number of tetrazole rings is 1.